The molecule has 168 valence electrons. The van der Waals surface area contributed by atoms with Crippen LogP contribution in [0.2, 0.25) is 0 Å². The van der Waals surface area contributed by atoms with Gasteiger partial charge in [0, 0.05) is 12.6 Å². The molecule has 2 unspecified atom stereocenters. The molecule has 2 aromatic carbocycles. The second-order valence-electron chi connectivity index (χ2n) is 6.99. The number of carboxylic acid groups (broad SMARTS) is 2. The number of hydrogen-bond acceptors (Lipinski definition) is 5. The first-order valence-electron chi connectivity index (χ1n) is 9.89. The van der Waals surface area contributed by atoms with Gasteiger partial charge in [0.25, 0.3) is 0 Å². The van der Waals surface area contributed by atoms with Crippen LogP contribution < -0.4 is 15.4 Å². The van der Waals surface area contributed by atoms with Crippen molar-refractivity contribution in [3.8, 4) is 5.75 Å². The molecule has 2 aromatic rings. The van der Waals surface area contributed by atoms with Crippen LogP contribution in [0, 0.1) is 0 Å². The number of carbonyl (C=O) groups is 3. The highest BCUT2D eigenvalue weighted by Gasteiger charge is 2.14. The summed E-state index contributed by atoms with van der Waals surface area (Å²) >= 11 is 0. The quantitative estimate of drug-likeness (QED) is 0.450. The summed E-state index contributed by atoms with van der Waals surface area (Å²) in [6, 6.07) is 18.1. The molecule has 4 N–H and O–H groups in total. The lowest BCUT2D eigenvalue weighted by atomic mass is 10.1. The Labute approximate surface area is 182 Å². The monoisotopic (exact) mass is 430 g/mol. The first kappa shape index (κ1) is 25.6. The lowest BCUT2D eigenvalue weighted by Crippen LogP contribution is -2.45. The molecule has 0 fully saturated rings. The van der Waals surface area contributed by atoms with E-state index in [0.717, 1.165) is 24.2 Å². The van der Waals surface area contributed by atoms with E-state index in [4.69, 9.17) is 24.5 Å². The maximum absolute atomic E-state index is 12.3. The molecule has 8 heteroatoms. The molecule has 0 heterocycles. The van der Waals surface area contributed by atoms with Crippen LogP contribution in [0.3, 0.4) is 0 Å². The standard InChI is InChI=1S/C21H28N2O2.C2H2O4/c1-16(9-10-18-7-5-4-6-8-18)23-21(24)17(2)22-15-19-11-13-20(25-3)14-12-19;3-1(4)2(5)6/h4-8,11-14,16-17,22H,9-10,15H2,1-3H3,(H,23,24);(H,3,4)(H,5,6). The van der Waals surface area contributed by atoms with Gasteiger partial charge in [-0.3, -0.25) is 4.79 Å². The van der Waals surface area contributed by atoms with Crippen molar-refractivity contribution in [1.29, 1.82) is 0 Å². The molecule has 0 radical (unpaired) electrons. The molecule has 8 nitrogen and oxygen atoms in total. The Hall–Kier alpha value is -3.39. The molecule has 0 bridgehead atoms. The van der Waals surface area contributed by atoms with Crippen LogP contribution in [0.15, 0.2) is 54.6 Å². The fourth-order valence-corrected chi connectivity index (χ4v) is 2.57. The van der Waals surface area contributed by atoms with Crippen molar-refractivity contribution in [3.05, 3.63) is 65.7 Å². The summed E-state index contributed by atoms with van der Waals surface area (Å²) in [5.74, 6) is -2.78. The van der Waals surface area contributed by atoms with Crippen LogP contribution in [0.1, 0.15) is 31.4 Å². The molecule has 0 aliphatic heterocycles. The molecule has 0 saturated heterocycles. The predicted octanol–water partition coefficient (Wildman–Crippen LogP) is 2.47. The van der Waals surface area contributed by atoms with Gasteiger partial charge in [-0.2, -0.15) is 0 Å². The Morgan fingerprint density at radius 2 is 1.48 bits per heavy atom. The van der Waals surface area contributed by atoms with Crippen molar-refractivity contribution in [3.63, 3.8) is 0 Å². The summed E-state index contributed by atoms with van der Waals surface area (Å²) in [5, 5.41) is 21.1. The number of methoxy groups -OCH3 is 1. The lowest BCUT2D eigenvalue weighted by molar-refractivity contribution is -0.159. The summed E-state index contributed by atoms with van der Waals surface area (Å²) in [7, 11) is 1.65. The molecule has 0 saturated carbocycles. The fourth-order valence-electron chi connectivity index (χ4n) is 2.57. The van der Waals surface area contributed by atoms with E-state index in [9.17, 15) is 4.79 Å². The maximum atomic E-state index is 12.3. The molecule has 0 aliphatic rings. The van der Waals surface area contributed by atoms with Crippen LogP contribution in [0.5, 0.6) is 5.75 Å². The lowest BCUT2D eigenvalue weighted by Gasteiger charge is -2.18. The Morgan fingerprint density at radius 3 is 2.00 bits per heavy atom. The maximum Gasteiger partial charge on any atom is 0.414 e. The third kappa shape index (κ3) is 10.8. The molecular formula is C23H30N2O6. The number of hydrogen-bond donors (Lipinski definition) is 4. The highest BCUT2D eigenvalue weighted by atomic mass is 16.5. The van der Waals surface area contributed by atoms with E-state index in [-0.39, 0.29) is 18.0 Å². The van der Waals surface area contributed by atoms with Gasteiger partial charge in [0.2, 0.25) is 5.91 Å². The molecule has 0 spiro atoms. The van der Waals surface area contributed by atoms with Crippen LogP contribution in [0.4, 0.5) is 0 Å². The molecule has 0 aliphatic carbocycles. The van der Waals surface area contributed by atoms with Crippen LogP contribution >= 0.6 is 0 Å². The third-order valence-electron chi connectivity index (χ3n) is 4.45. The number of benzene rings is 2. The zero-order chi connectivity index (χ0) is 23.2. The Balaban J connectivity index is 0.000000703. The summed E-state index contributed by atoms with van der Waals surface area (Å²) in [5.41, 5.74) is 2.42. The minimum Gasteiger partial charge on any atom is -0.497 e. The second kappa shape index (κ2) is 13.8. The first-order chi connectivity index (χ1) is 14.7. The molecule has 0 aromatic heterocycles. The summed E-state index contributed by atoms with van der Waals surface area (Å²) in [6.45, 7) is 4.59. The van der Waals surface area contributed by atoms with Gasteiger partial charge in [0.15, 0.2) is 0 Å². The van der Waals surface area contributed by atoms with Gasteiger partial charge in [-0.1, -0.05) is 42.5 Å². The number of ether oxygens (including phenoxy) is 1. The smallest absolute Gasteiger partial charge is 0.414 e. The molecule has 2 rings (SSSR count). The van der Waals surface area contributed by atoms with Gasteiger partial charge in [-0.15, -0.1) is 0 Å². The summed E-state index contributed by atoms with van der Waals surface area (Å²) in [4.78, 5) is 30.5. The van der Waals surface area contributed by atoms with Gasteiger partial charge in [-0.25, -0.2) is 9.59 Å². The molecular weight excluding hydrogens is 400 g/mol. The number of carboxylic acids is 2. The highest BCUT2D eigenvalue weighted by Crippen LogP contribution is 2.11. The normalized spacial score (nSPS) is 12.0. The Kier molecular flexibility index (Phi) is 11.4. The average Bonchev–Trinajstić information content (AvgIpc) is 2.77. The van der Waals surface area contributed by atoms with E-state index in [0.29, 0.717) is 6.54 Å². The fraction of sp³-hybridized carbons (Fsp3) is 0.348. The van der Waals surface area contributed by atoms with E-state index in [1.54, 1.807) is 7.11 Å². The minimum atomic E-state index is -1.82. The third-order valence-corrected chi connectivity index (χ3v) is 4.45. The summed E-state index contributed by atoms with van der Waals surface area (Å²) < 4.78 is 5.15. The van der Waals surface area contributed by atoms with E-state index >= 15 is 0 Å². The van der Waals surface area contributed by atoms with Gasteiger partial charge < -0.3 is 25.6 Å². The number of carbonyl (C=O) groups excluding carboxylic acids is 1. The van der Waals surface area contributed by atoms with Crippen molar-refractivity contribution in [1.82, 2.24) is 10.6 Å². The molecule has 2 atom stereocenters. The number of nitrogens with one attached hydrogen (secondary N) is 2. The summed E-state index contributed by atoms with van der Waals surface area (Å²) in [6.07, 6.45) is 1.90. The van der Waals surface area contributed by atoms with Gasteiger partial charge >= 0.3 is 11.9 Å². The first-order valence-corrected chi connectivity index (χ1v) is 9.89. The van der Waals surface area contributed by atoms with E-state index in [1.807, 2.05) is 49.4 Å². The number of amides is 1. The van der Waals surface area contributed by atoms with Crippen molar-refractivity contribution in [2.24, 2.45) is 0 Å². The predicted molar refractivity (Wildman–Crippen MR) is 117 cm³/mol. The minimum absolute atomic E-state index is 0.0362. The SMILES string of the molecule is COc1ccc(CNC(C)C(=O)NC(C)CCc2ccccc2)cc1.O=C(O)C(=O)O. The Bertz CT molecular complexity index is 812. The number of aryl methyl sites for hydroxylation is 1. The van der Waals surface area contributed by atoms with Crippen molar-refractivity contribution in [2.75, 3.05) is 7.11 Å². The highest BCUT2D eigenvalue weighted by molar-refractivity contribution is 6.27. The zero-order valence-electron chi connectivity index (χ0n) is 18.0. The van der Waals surface area contributed by atoms with Crippen LogP contribution in [-0.2, 0) is 27.3 Å². The van der Waals surface area contributed by atoms with Gasteiger partial charge in [0.05, 0.1) is 13.2 Å². The topological polar surface area (TPSA) is 125 Å². The van der Waals surface area contributed by atoms with Crippen LogP contribution in [0.25, 0.3) is 0 Å². The van der Waals surface area contributed by atoms with E-state index < -0.39 is 11.9 Å². The van der Waals surface area contributed by atoms with E-state index in [1.165, 1.54) is 5.56 Å². The van der Waals surface area contributed by atoms with Crippen molar-refractivity contribution >= 4 is 17.8 Å². The van der Waals surface area contributed by atoms with Gasteiger partial charge in [0.1, 0.15) is 5.75 Å². The molecule has 1 amide bonds. The Morgan fingerprint density at radius 1 is 0.903 bits per heavy atom. The number of rotatable bonds is 9. The van der Waals surface area contributed by atoms with Crippen molar-refractivity contribution in [2.45, 2.75) is 45.3 Å². The van der Waals surface area contributed by atoms with Gasteiger partial charge in [-0.05, 0) is 49.9 Å². The molecule has 31 heavy (non-hydrogen) atoms. The average molecular weight is 431 g/mol. The second-order valence-corrected chi connectivity index (χ2v) is 6.99. The van der Waals surface area contributed by atoms with Crippen molar-refractivity contribution < 1.29 is 29.3 Å². The van der Waals surface area contributed by atoms with E-state index in [2.05, 4.69) is 29.7 Å². The van der Waals surface area contributed by atoms with Crippen LogP contribution in [-0.4, -0.2) is 47.3 Å². The zero-order valence-corrected chi connectivity index (χ0v) is 18.0. The number of aliphatic carboxylic acids is 2. The largest absolute Gasteiger partial charge is 0.497 e.